The Labute approximate surface area is 74.6 Å². The van der Waals surface area contributed by atoms with E-state index in [1.807, 2.05) is 19.1 Å². The van der Waals surface area contributed by atoms with Crippen molar-refractivity contribution < 1.29 is 4.84 Å². The molecule has 0 spiro atoms. The van der Waals surface area contributed by atoms with Gasteiger partial charge in [-0.3, -0.25) is 10.3 Å². The summed E-state index contributed by atoms with van der Waals surface area (Å²) in [6.45, 7) is 8.31. The maximum Gasteiger partial charge on any atom is 0.0717 e. The predicted octanol–water partition coefficient (Wildman–Crippen LogP) is 2.56. The van der Waals surface area contributed by atoms with Gasteiger partial charge in [-0.15, -0.1) is 0 Å². The third-order valence-electron chi connectivity index (χ3n) is 1.20. The van der Waals surface area contributed by atoms with Crippen LogP contribution < -0.4 is 5.48 Å². The highest BCUT2D eigenvalue weighted by Crippen LogP contribution is 1.92. The number of allylic oxidation sites excluding steroid dienone is 4. The smallest absolute Gasteiger partial charge is 0.0717 e. The van der Waals surface area contributed by atoms with Crippen LogP contribution in [0.25, 0.3) is 0 Å². The van der Waals surface area contributed by atoms with Crippen LogP contribution in [0.15, 0.2) is 36.6 Å². The van der Waals surface area contributed by atoms with Crippen molar-refractivity contribution in [3.8, 4) is 0 Å². The van der Waals surface area contributed by atoms with Gasteiger partial charge in [-0.1, -0.05) is 25.7 Å². The zero-order chi connectivity index (χ0) is 9.23. The van der Waals surface area contributed by atoms with Crippen LogP contribution in [0.1, 0.15) is 20.3 Å². The Morgan fingerprint density at radius 2 is 2.25 bits per heavy atom. The second-order valence-corrected chi connectivity index (χ2v) is 2.20. The molecule has 2 nitrogen and oxygen atoms in total. The van der Waals surface area contributed by atoms with Crippen LogP contribution in [0, 0.1) is 0 Å². The molecule has 0 fully saturated rings. The molecule has 0 saturated carbocycles. The number of rotatable bonds is 6. The van der Waals surface area contributed by atoms with E-state index in [0.29, 0.717) is 6.61 Å². The van der Waals surface area contributed by atoms with Gasteiger partial charge in [-0.25, -0.2) is 0 Å². The predicted molar refractivity (Wildman–Crippen MR) is 52.5 cm³/mol. The van der Waals surface area contributed by atoms with Gasteiger partial charge in [-0.2, -0.15) is 0 Å². The van der Waals surface area contributed by atoms with Crippen LogP contribution in [0.3, 0.4) is 0 Å². The Hall–Kier alpha value is -1.02. The number of nitrogens with one attached hydrogen (secondary N) is 1. The van der Waals surface area contributed by atoms with E-state index in [1.165, 1.54) is 0 Å². The molecule has 0 aliphatic rings. The van der Waals surface area contributed by atoms with Crippen molar-refractivity contribution in [2.45, 2.75) is 20.3 Å². The lowest BCUT2D eigenvalue weighted by atomic mass is 10.3. The van der Waals surface area contributed by atoms with Gasteiger partial charge >= 0.3 is 0 Å². The Morgan fingerprint density at radius 1 is 1.50 bits per heavy atom. The lowest BCUT2D eigenvalue weighted by molar-refractivity contribution is 0.0763. The van der Waals surface area contributed by atoms with Gasteiger partial charge in [0.15, 0.2) is 0 Å². The normalized spacial score (nSPS) is 12.0. The van der Waals surface area contributed by atoms with Crippen molar-refractivity contribution in [2.24, 2.45) is 0 Å². The topological polar surface area (TPSA) is 21.3 Å². The van der Waals surface area contributed by atoms with Crippen molar-refractivity contribution in [3.05, 3.63) is 36.6 Å². The first-order valence-electron chi connectivity index (χ1n) is 4.22. The summed E-state index contributed by atoms with van der Waals surface area (Å²) in [7, 11) is 0. The summed E-state index contributed by atoms with van der Waals surface area (Å²) in [4.78, 5) is 4.99. The van der Waals surface area contributed by atoms with Crippen LogP contribution in [0.2, 0.25) is 0 Å². The first kappa shape index (κ1) is 11.0. The first-order chi connectivity index (χ1) is 5.85. The highest BCUT2D eigenvalue weighted by molar-refractivity contribution is 5.19. The number of hydrogen-bond acceptors (Lipinski definition) is 2. The van der Waals surface area contributed by atoms with Gasteiger partial charge in [0.1, 0.15) is 0 Å². The summed E-state index contributed by atoms with van der Waals surface area (Å²) < 4.78 is 0. The fraction of sp³-hybridized carbons (Fsp3) is 0.400. The summed E-state index contributed by atoms with van der Waals surface area (Å²) in [5, 5.41) is 0. The summed E-state index contributed by atoms with van der Waals surface area (Å²) >= 11 is 0. The van der Waals surface area contributed by atoms with Crippen molar-refractivity contribution in [1.82, 2.24) is 5.48 Å². The van der Waals surface area contributed by atoms with Crippen molar-refractivity contribution in [3.63, 3.8) is 0 Å². The second-order valence-electron chi connectivity index (χ2n) is 2.20. The molecule has 2 heteroatoms. The first-order valence-corrected chi connectivity index (χ1v) is 4.22. The van der Waals surface area contributed by atoms with E-state index in [0.717, 1.165) is 12.1 Å². The molecule has 0 rings (SSSR count). The maximum absolute atomic E-state index is 4.99. The summed E-state index contributed by atoms with van der Waals surface area (Å²) in [6.07, 6.45) is 8.72. The van der Waals surface area contributed by atoms with Gasteiger partial charge in [-0.05, 0) is 25.5 Å². The minimum atomic E-state index is 0.642. The largest absolute Gasteiger partial charge is 0.276 e. The van der Waals surface area contributed by atoms with Gasteiger partial charge in [0.2, 0.25) is 0 Å². The maximum atomic E-state index is 4.99. The average Bonchev–Trinajstić information content (AvgIpc) is 2.11. The lowest BCUT2D eigenvalue weighted by Gasteiger charge is -2.03. The molecule has 0 atom stereocenters. The molecule has 68 valence electrons. The molecule has 1 N–H and O–H groups in total. The summed E-state index contributed by atoms with van der Waals surface area (Å²) in [5.74, 6) is 0. The molecule has 0 aliphatic heterocycles. The van der Waals surface area contributed by atoms with Gasteiger partial charge in [0.25, 0.3) is 0 Å². The van der Waals surface area contributed by atoms with Crippen LogP contribution in [-0.4, -0.2) is 6.61 Å². The van der Waals surface area contributed by atoms with Crippen molar-refractivity contribution >= 4 is 0 Å². The van der Waals surface area contributed by atoms with E-state index < -0.39 is 0 Å². The second kappa shape index (κ2) is 8.08. The summed E-state index contributed by atoms with van der Waals surface area (Å²) in [6, 6.07) is 0. The van der Waals surface area contributed by atoms with Gasteiger partial charge < -0.3 is 0 Å². The van der Waals surface area contributed by atoms with Crippen LogP contribution >= 0.6 is 0 Å². The number of hydroxylamine groups is 1. The molecular weight excluding hydrogens is 150 g/mol. The molecule has 0 heterocycles. The third kappa shape index (κ3) is 5.74. The van der Waals surface area contributed by atoms with Crippen molar-refractivity contribution in [1.29, 1.82) is 0 Å². The van der Waals surface area contributed by atoms with Crippen LogP contribution in [0.5, 0.6) is 0 Å². The van der Waals surface area contributed by atoms with E-state index in [-0.39, 0.29) is 0 Å². The van der Waals surface area contributed by atoms with E-state index in [9.17, 15) is 0 Å². The van der Waals surface area contributed by atoms with Crippen LogP contribution in [0.4, 0.5) is 0 Å². The standard InChI is InChI=1S/C10H17NO/c1-4-7-8-9-10(5-2)11-12-6-3/h5,7-9,11H,2,4,6H2,1,3H3/b8-7-,10-9-. The Bertz CT molecular complexity index is 171. The highest BCUT2D eigenvalue weighted by atomic mass is 16.6. The molecule has 0 saturated heterocycles. The lowest BCUT2D eigenvalue weighted by Crippen LogP contribution is -2.11. The minimum absolute atomic E-state index is 0.642. The molecule has 0 aliphatic carbocycles. The fourth-order valence-corrected chi connectivity index (χ4v) is 0.607. The minimum Gasteiger partial charge on any atom is -0.276 e. The Balaban J connectivity index is 3.86. The zero-order valence-electron chi connectivity index (χ0n) is 7.84. The average molecular weight is 167 g/mol. The van der Waals surface area contributed by atoms with Gasteiger partial charge in [0, 0.05) is 0 Å². The van der Waals surface area contributed by atoms with Gasteiger partial charge in [0.05, 0.1) is 12.3 Å². The van der Waals surface area contributed by atoms with E-state index in [1.54, 1.807) is 6.08 Å². The van der Waals surface area contributed by atoms with Crippen LogP contribution in [-0.2, 0) is 4.84 Å². The zero-order valence-corrected chi connectivity index (χ0v) is 7.84. The molecule has 0 aromatic heterocycles. The quantitative estimate of drug-likeness (QED) is 0.485. The SMILES string of the molecule is C=C/C(=C/C=C\CC)NOCC. The Morgan fingerprint density at radius 3 is 2.75 bits per heavy atom. The van der Waals surface area contributed by atoms with E-state index >= 15 is 0 Å². The highest BCUT2D eigenvalue weighted by Gasteiger charge is 1.84. The molecular formula is C10H17NO. The molecule has 0 unspecified atom stereocenters. The van der Waals surface area contributed by atoms with E-state index in [4.69, 9.17) is 4.84 Å². The molecule has 0 aromatic carbocycles. The molecule has 0 aromatic rings. The fourth-order valence-electron chi connectivity index (χ4n) is 0.607. The Kier molecular flexibility index (Phi) is 7.39. The third-order valence-corrected chi connectivity index (χ3v) is 1.20. The molecule has 0 radical (unpaired) electrons. The molecule has 0 bridgehead atoms. The number of hydrogen-bond donors (Lipinski definition) is 1. The molecule has 12 heavy (non-hydrogen) atoms. The van der Waals surface area contributed by atoms with E-state index in [2.05, 4.69) is 25.1 Å². The monoisotopic (exact) mass is 167 g/mol. The molecule has 0 amide bonds. The summed E-state index contributed by atoms with van der Waals surface area (Å²) in [5.41, 5.74) is 3.65. The van der Waals surface area contributed by atoms with Crippen molar-refractivity contribution in [2.75, 3.05) is 6.61 Å².